The van der Waals surface area contributed by atoms with Crippen molar-refractivity contribution in [2.24, 2.45) is 0 Å². The first-order valence-corrected chi connectivity index (χ1v) is 8.41. The lowest BCUT2D eigenvalue weighted by Gasteiger charge is -2.20. The molecule has 1 atom stereocenters. The molecule has 2 rings (SSSR count). The number of carbonyl (C=O) groups is 1. The Hall–Kier alpha value is -2.00. The monoisotopic (exact) mass is 345 g/mol. The Labute approximate surface area is 149 Å². The predicted molar refractivity (Wildman–Crippen MR) is 98.6 cm³/mol. The highest BCUT2D eigenvalue weighted by atomic mass is 35.5. The second-order valence-corrected chi connectivity index (χ2v) is 7.34. The summed E-state index contributed by atoms with van der Waals surface area (Å²) in [5, 5.41) is 3.53. The zero-order valence-electron chi connectivity index (χ0n) is 14.6. The second-order valence-electron chi connectivity index (χ2n) is 6.91. The lowest BCUT2D eigenvalue weighted by molar-refractivity contribution is -0.123. The number of hydrogen-bond donors (Lipinski definition) is 1. The van der Waals surface area contributed by atoms with Gasteiger partial charge in [-0.2, -0.15) is 0 Å². The molecule has 4 heteroatoms. The van der Waals surface area contributed by atoms with Gasteiger partial charge in [-0.25, -0.2) is 0 Å². The van der Waals surface area contributed by atoms with E-state index < -0.39 is 0 Å². The van der Waals surface area contributed by atoms with Crippen molar-refractivity contribution in [2.75, 3.05) is 6.61 Å². The standard InChI is InChI=1S/C20H24ClNO2/c1-14(15-8-10-16(11-9-15)20(2,3)4)22-19(23)13-24-18-7-5-6-17(21)12-18/h5-12,14H,13H2,1-4H3,(H,22,23)/t14-/m0/s1. The molecule has 2 aromatic rings. The fourth-order valence-electron chi connectivity index (χ4n) is 2.34. The van der Waals surface area contributed by atoms with E-state index in [0.717, 1.165) is 5.56 Å². The summed E-state index contributed by atoms with van der Waals surface area (Å²) in [4.78, 5) is 12.0. The first-order chi connectivity index (χ1) is 11.3. The Morgan fingerprint density at radius 1 is 1.17 bits per heavy atom. The molecule has 1 amide bonds. The Balaban J connectivity index is 1.89. The number of halogens is 1. The van der Waals surface area contributed by atoms with E-state index >= 15 is 0 Å². The Kier molecular flexibility index (Phi) is 5.89. The van der Waals surface area contributed by atoms with Crippen LogP contribution < -0.4 is 10.1 Å². The summed E-state index contributed by atoms with van der Waals surface area (Å²) in [5.41, 5.74) is 2.46. The van der Waals surface area contributed by atoms with Crippen LogP contribution in [0.3, 0.4) is 0 Å². The maximum Gasteiger partial charge on any atom is 0.258 e. The van der Waals surface area contributed by atoms with Crippen molar-refractivity contribution in [1.82, 2.24) is 5.32 Å². The number of ether oxygens (including phenoxy) is 1. The van der Waals surface area contributed by atoms with Crippen molar-refractivity contribution >= 4 is 17.5 Å². The van der Waals surface area contributed by atoms with E-state index in [4.69, 9.17) is 16.3 Å². The van der Waals surface area contributed by atoms with Gasteiger partial charge < -0.3 is 10.1 Å². The molecule has 0 aromatic heterocycles. The molecule has 0 fully saturated rings. The molecule has 0 radical (unpaired) electrons. The summed E-state index contributed by atoms with van der Waals surface area (Å²) in [6.45, 7) is 8.47. The van der Waals surface area contributed by atoms with E-state index in [0.29, 0.717) is 10.8 Å². The molecular weight excluding hydrogens is 322 g/mol. The maximum atomic E-state index is 12.0. The normalized spacial score (nSPS) is 12.5. The molecule has 0 bridgehead atoms. The van der Waals surface area contributed by atoms with Crippen LogP contribution >= 0.6 is 11.6 Å². The number of rotatable bonds is 5. The highest BCUT2D eigenvalue weighted by molar-refractivity contribution is 6.30. The first-order valence-electron chi connectivity index (χ1n) is 8.04. The molecular formula is C20H24ClNO2. The third-order valence-corrected chi connectivity index (χ3v) is 4.06. The van der Waals surface area contributed by atoms with Crippen molar-refractivity contribution in [3.8, 4) is 5.75 Å². The smallest absolute Gasteiger partial charge is 0.258 e. The molecule has 0 aliphatic heterocycles. The molecule has 1 N–H and O–H groups in total. The minimum absolute atomic E-state index is 0.0369. The van der Waals surface area contributed by atoms with Crippen LogP contribution in [0.1, 0.15) is 44.9 Å². The zero-order chi connectivity index (χ0) is 17.7. The summed E-state index contributed by atoms with van der Waals surface area (Å²) in [6.07, 6.45) is 0. The van der Waals surface area contributed by atoms with Crippen molar-refractivity contribution in [2.45, 2.75) is 39.2 Å². The molecule has 0 spiro atoms. The van der Waals surface area contributed by atoms with Crippen molar-refractivity contribution in [3.05, 3.63) is 64.7 Å². The van der Waals surface area contributed by atoms with Gasteiger partial charge in [-0.1, -0.05) is 62.7 Å². The van der Waals surface area contributed by atoms with Crippen molar-refractivity contribution in [3.63, 3.8) is 0 Å². The van der Waals surface area contributed by atoms with Crippen LogP contribution in [0.4, 0.5) is 0 Å². The third kappa shape index (κ3) is 5.27. The minimum Gasteiger partial charge on any atom is -0.484 e. The lowest BCUT2D eigenvalue weighted by Crippen LogP contribution is -2.31. The Morgan fingerprint density at radius 3 is 2.42 bits per heavy atom. The average molecular weight is 346 g/mol. The Morgan fingerprint density at radius 2 is 1.83 bits per heavy atom. The van der Waals surface area contributed by atoms with Crippen LogP contribution in [0.25, 0.3) is 0 Å². The van der Waals surface area contributed by atoms with Gasteiger partial charge in [0, 0.05) is 5.02 Å². The van der Waals surface area contributed by atoms with E-state index in [2.05, 4.69) is 50.4 Å². The van der Waals surface area contributed by atoms with Crippen LogP contribution in [0.15, 0.2) is 48.5 Å². The van der Waals surface area contributed by atoms with Gasteiger partial charge in [0.05, 0.1) is 6.04 Å². The molecule has 0 heterocycles. The van der Waals surface area contributed by atoms with E-state index in [9.17, 15) is 4.79 Å². The summed E-state index contributed by atoms with van der Waals surface area (Å²) in [7, 11) is 0. The van der Waals surface area contributed by atoms with E-state index in [-0.39, 0.29) is 24.0 Å². The van der Waals surface area contributed by atoms with Crippen LogP contribution in [-0.4, -0.2) is 12.5 Å². The fraction of sp³-hybridized carbons (Fsp3) is 0.350. The van der Waals surface area contributed by atoms with Gasteiger partial charge in [-0.15, -0.1) is 0 Å². The number of benzene rings is 2. The molecule has 0 saturated carbocycles. The van der Waals surface area contributed by atoms with Crippen LogP contribution in [0.2, 0.25) is 5.02 Å². The van der Waals surface area contributed by atoms with Crippen molar-refractivity contribution < 1.29 is 9.53 Å². The first kappa shape index (κ1) is 18.3. The average Bonchev–Trinajstić information content (AvgIpc) is 2.52. The molecule has 2 aromatic carbocycles. The highest BCUT2D eigenvalue weighted by Crippen LogP contribution is 2.24. The van der Waals surface area contributed by atoms with Crippen LogP contribution in [0.5, 0.6) is 5.75 Å². The third-order valence-electron chi connectivity index (χ3n) is 3.82. The summed E-state index contributed by atoms with van der Waals surface area (Å²) in [5.74, 6) is 0.419. The van der Waals surface area contributed by atoms with Gasteiger partial charge in [0.1, 0.15) is 5.75 Å². The van der Waals surface area contributed by atoms with Crippen LogP contribution in [-0.2, 0) is 10.2 Å². The largest absolute Gasteiger partial charge is 0.484 e. The highest BCUT2D eigenvalue weighted by Gasteiger charge is 2.15. The molecule has 128 valence electrons. The van der Waals surface area contributed by atoms with Gasteiger partial charge in [0.2, 0.25) is 0 Å². The van der Waals surface area contributed by atoms with E-state index in [1.54, 1.807) is 24.3 Å². The number of nitrogens with one attached hydrogen (secondary N) is 1. The summed E-state index contributed by atoms with van der Waals surface area (Å²) in [6, 6.07) is 15.3. The minimum atomic E-state index is -0.164. The lowest BCUT2D eigenvalue weighted by atomic mass is 9.86. The quantitative estimate of drug-likeness (QED) is 0.837. The molecule has 3 nitrogen and oxygen atoms in total. The van der Waals surface area contributed by atoms with E-state index in [1.807, 2.05) is 6.92 Å². The zero-order valence-corrected chi connectivity index (χ0v) is 15.4. The van der Waals surface area contributed by atoms with E-state index in [1.165, 1.54) is 5.56 Å². The summed E-state index contributed by atoms with van der Waals surface area (Å²) < 4.78 is 5.45. The number of amides is 1. The summed E-state index contributed by atoms with van der Waals surface area (Å²) >= 11 is 5.89. The molecule has 0 unspecified atom stereocenters. The molecule has 0 aliphatic carbocycles. The van der Waals surface area contributed by atoms with Gasteiger partial charge in [-0.05, 0) is 41.7 Å². The second kappa shape index (κ2) is 7.71. The molecule has 24 heavy (non-hydrogen) atoms. The predicted octanol–water partition coefficient (Wildman–Crippen LogP) is 4.89. The van der Waals surface area contributed by atoms with Gasteiger partial charge in [0.25, 0.3) is 5.91 Å². The molecule has 0 aliphatic rings. The van der Waals surface area contributed by atoms with Gasteiger partial charge in [-0.3, -0.25) is 4.79 Å². The number of carbonyl (C=O) groups excluding carboxylic acids is 1. The van der Waals surface area contributed by atoms with Gasteiger partial charge >= 0.3 is 0 Å². The SMILES string of the molecule is C[C@H](NC(=O)COc1cccc(Cl)c1)c1ccc(C(C)(C)C)cc1. The van der Waals surface area contributed by atoms with Crippen LogP contribution in [0, 0.1) is 0 Å². The topological polar surface area (TPSA) is 38.3 Å². The Bertz CT molecular complexity index is 690. The molecule has 0 saturated heterocycles. The van der Waals surface area contributed by atoms with Gasteiger partial charge in [0.15, 0.2) is 6.61 Å². The number of hydrogen-bond acceptors (Lipinski definition) is 2. The maximum absolute atomic E-state index is 12.0. The fourth-order valence-corrected chi connectivity index (χ4v) is 2.52. The van der Waals surface area contributed by atoms with Crippen molar-refractivity contribution in [1.29, 1.82) is 0 Å².